The first-order chi connectivity index (χ1) is 12.1. The standard InChI is InChI=1S/C17H16F2N6/c1-25(9-6-12-4-7-20-8-5-12)17-23-16(11-21-24-17)22-15-3-2-13(18)10-14(15)19/h2-5,7-8,10-11H,6,9H2,1H3,(H,22,23,24). The van der Waals surface area contributed by atoms with Crippen LogP contribution in [0.2, 0.25) is 0 Å². The average Bonchev–Trinajstić information content (AvgIpc) is 2.63. The zero-order valence-corrected chi connectivity index (χ0v) is 13.5. The molecule has 0 saturated carbocycles. The largest absolute Gasteiger partial charge is 0.342 e. The number of anilines is 3. The molecule has 2 aromatic heterocycles. The fourth-order valence-electron chi connectivity index (χ4n) is 2.19. The van der Waals surface area contributed by atoms with Crippen molar-refractivity contribution in [3.05, 3.63) is 66.1 Å². The molecule has 0 aliphatic rings. The van der Waals surface area contributed by atoms with Gasteiger partial charge in [0.2, 0.25) is 5.95 Å². The monoisotopic (exact) mass is 342 g/mol. The Bertz CT molecular complexity index is 844. The molecule has 0 aliphatic heterocycles. The van der Waals surface area contributed by atoms with Gasteiger partial charge < -0.3 is 10.2 Å². The molecule has 3 aromatic rings. The number of nitrogens with zero attached hydrogens (tertiary/aromatic N) is 5. The van der Waals surface area contributed by atoms with Crippen LogP contribution >= 0.6 is 0 Å². The molecule has 0 aliphatic carbocycles. The van der Waals surface area contributed by atoms with E-state index in [1.807, 2.05) is 24.1 Å². The summed E-state index contributed by atoms with van der Waals surface area (Å²) in [7, 11) is 1.85. The lowest BCUT2D eigenvalue weighted by atomic mass is 10.2. The van der Waals surface area contributed by atoms with Crippen molar-refractivity contribution in [1.29, 1.82) is 0 Å². The third kappa shape index (κ3) is 4.43. The van der Waals surface area contributed by atoms with Crippen molar-refractivity contribution in [2.45, 2.75) is 6.42 Å². The third-order valence-electron chi connectivity index (χ3n) is 3.57. The van der Waals surface area contributed by atoms with E-state index < -0.39 is 11.6 Å². The quantitative estimate of drug-likeness (QED) is 0.743. The fourth-order valence-corrected chi connectivity index (χ4v) is 2.19. The number of rotatable bonds is 6. The Morgan fingerprint density at radius 3 is 2.68 bits per heavy atom. The molecule has 6 nitrogen and oxygen atoms in total. The van der Waals surface area contributed by atoms with Gasteiger partial charge in [-0.3, -0.25) is 4.98 Å². The van der Waals surface area contributed by atoms with Crippen LogP contribution in [0.1, 0.15) is 5.56 Å². The lowest BCUT2D eigenvalue weighted by Gasteiger charge is -2.17. The molecule has 0 atom stereocenters. The molecule has 1 aromatic carbocycles. The Hall–Kier alpha value is -3.16. The lowest BCUT2D eigenvalue weighted by Crippen LogP contribution is -2.23. The first-order valence-corrected chi connectivity index (χ1v) is 7.63. The summed E-state index contributed by atoms with van der Waals surface area (Å²) in [5.74, 6) is -0.612. The van der Waals surface area contributed by atoms with E-state index in [4.69, 9.17) is 0 Å². The predicted octanol–water partition coefficient (Wildman–Crippen LogP) is 2.97. The molecule has 0 spiro atoms. The van der Waals surface area contributed by atoms with E-state index >= 15 is 0 Å². The number of nitrogens with one attached hydrogen (secondary N) is 1. The summed E-state index contributed by atoms with van der Waals surface area (Å²) in [6.07, 6.45) is 5.67. The van der Waals surface area contributed by atoms with Gasteiger partial charge in [-0.25, -0.2) is 8.78 Å². The summed E-state index contributed by atoms with van der Waals surface area (Å²) in [4.78, 5) is 10.1. The molecular formula is C17H16F2N6. The highest BCUT2D eigenvalue weighted by atomic mass is 19.1. The first-order valence-electron chi connectivity index (χ1n) is 7.63. The third-order valence-corrected chi connectivity index (χ3v) is 3.57. The second-order valence-corrected chi connectivity index (χ2v) is 5.42. The summed E-state index contributed by atoms with van der Waals surface area (Å²) < 4.78 is 26.7. The second kappa shape index (κ2) is 7.61. The minimum Gasteiger partial charge on any atom is -0.342 e. The van der Waals surface area contributed by atoms with Gasteiger partial charge in [-0.15, -0.1) is 5.10 Å². The number of benzene rings is 1. The molecule has 0 fully saturated rings. The first kappa shape index (κ1) is 16.7. The highest BCUT2D eigenvalue weighted by molar-refractivity contribution is 5.56. The van der Waals surface area contributed by atoms with Gasteiger partial charge in [-0.1, -0.05) is 0 Å². The van der Waals surface area contributed by atoms with E-state index in [9.17, 15) is 8.78 Å². The Balaban J connectivity index is 1.68. The summed E-state index contributed by atoms with van der Waals surface area (Å²) in [5, 5.41) is 10.6. The predicted molar refractivity (Wildman–Crippen MR) is 90.7 cm³/mol. The Morgan fingerprint density at radius 2 is 1.92 bits per heavy atom. The number of hydrogen-bond donors (Lipinski definition) is 1. The van der Waals surface area contributed by atoms with Crippen LogP contribution in [0.4, 0.5) is 26.2 Å². The van der Waals surface area contributed by atoms with Crippen LogP contribution in [0.5, 0.6) is 0 Å². The Labute approximate surface area is 143 Å². The van der Waals surface area contributed by atoms with Gasteiger partial charge in [-0.05, 0) is 36.2 Å². The molecule has 0 unspecified atom stereocenters. The average molecular weight is 342 g/mol. The van der Waals surface area contributed by atoms with Gasteiger partial charge in [0.05, 0.1) is 11.9 Å². The summed E-state index contributed by atoms with van der Waals surface area (Å²) in [5.41, 5.74) is 1.27. The van der Waals surface area contributed by atoms with Crippen LogP contribution < -0.4 is 10.2 Å². The molecule has 2 heterocycles. The zero-order chi connectivity index (χ0) is 17.6. The van der Waals surface area contributed by atoms with Crippen molar-refractivity contribution in [3.8, 4) is 0 Å². The number of aromatic nitrogens is 4. The molecule has 0 bridgehead atoms. The minimum absolute atomic E-state index is 0.118. The van der Waals surface area contributed by atoms with E-state index in [2.05, 4.69) is 25.5 Å². The highest BCUT2D eigenvalue weighted by Gasteiger charge is 2.09. The van der Waals surface area contributed by atoms with E-state index in [1.165, 1.54) is 18.3 Å². The molecule has 8 heteroatoms. The SMILES string of the molecule is CN(CCc1ccncc1)c1nncc(Nc2ccc(F)cc2F)n1. The van der Waals surface area contributed by atoms with Gasteiger partial charge in [-0.2, -0.15) is 10.1 Å². The molecular weight excluding hydrogens is 326 g/mol. The van der Waals surface area contributed by atoms with Crippen molar-refractivity contribution in [1.82, 2.24) is 20.2 Å². The Morgan fingerprint density at radius 1 is 1.12 bits per heavy atom. The van der Waals surface area contributed by atoms with E-state index in [0.717, 1.165) is 18.1 Å². The van der Waals surface area contributed by atoms with Crippen LogP contribution in [-0.2, 0) is 6.42 Å². The molecule has 0 saturated heterocycles. The summed E-state index contributed by atoms with van der Waals surface area (Å²) in [6, 6.07) is 7.17. The van der Waals surface area contributed by atoms with Crippen molar-refractivity contribution in [2.24, 2.45) is 0 Å². The maximum absolute atomic E-state index is 13.7. The molecule has 0 radical (unpaired) electrons. The smallest absolute Gasteiger partial charge is 0.247 e. The fraction of sp³-hybridized carbons (Fsp3) is 0.176. The van der Waals surface area contributed by atoms with Crippen LogP contribution in [0.25, 0.3) is 0 Å². The van der Waals surface area contributed by atoms with Crippen LogP contribution in [0.3, 0.4) is 0 Å². The van der Waals surface area contributed by atoms with Crippen LogP contribution in [-0.4, -0.2) is 33.8 Å². The lowest BCUT2D eigenvalue weighted by molar-refractivity contribution is 0.586. The van der Waals surface area contributed by atoms with E-state index in [0.29, 0.717) is 18.3 Å². The van der Waals surface area contributed by atoms with Crippen molar-refractivity contribution in [2.75, 3.05) is 23.8 Å². The van der Waals surface area contributed by atoms with Gasteiger partial charge in [0.25, 0.3) is 0 Å². The zero-order valence-electron chi connectivity index (χ0n) is 13.5. The number of hydrogen-bond acceptors (Lipinski definition) is 6. The Kier molecular flexibility index (Phi) is 5.08. The summed E-state index contributed by atoms with van der Waals surface area (Å²) in [6.45, 7) is 0.681. The molecule has 25 heavy (non-hydrogen) atoms. The van der Waals surface area contributed by atoms with Gasteiger partial charge in [0.1, 0.15) is 11.6 Å². The topological polar surface area (TPSA) is 66.8 Å². The maximum Gasteiger partial charge on any atom is 0.247 e. The summed E-state index contributed by atoms with van der Waals surface area (Å²) >= 11 is 0. The second-order valence-electron chi connectivity index (χ2n) is 5.42. The molecule has 128 valence electrons. The number of likely N-dealkylation sites (N-methyl/N-ethyl adjacent to an activating group) is 1. The van der Waals surface area contributed by atoms with Gasteiger partial charge in [0.15, 0.2) is 5.82 Å². The maximum atomic E-state index is 13.7. The van der Waals surface area contributed by atoms with Gasteiger partial charge in [0, 0.05) is 32.1 Å². The van der Waals surface area contributed by atoms with Crippen LogP contribution in [0, 0.1) is 11.6 Å². The normalized spacial score (nSPS) is 10.5. The van der Waals surface area contributed by atoms with E-state index in [-0.39, 0.29) is 5.69 Å². The van der Waals surface area contributed by atoms with Crippen LogP contribution in [0.15, 0.2) is 48.9 Å². The molecule has 0 amide bonds. The minimum atomic E-state index is -0.703. The number of halogens is 2. The molecule has 1 N–H and O–H groups in total. The number of pyridine rings is 1. The van der Waals surface area contributed by atoms with Crippen molar-refractivity contribution in [3.63, 3.8) is 0 Å². The van der Waals surface area contributed by atoms with Crippen molar-refractivity contribution >= 4 is 17.5 Å². The van der Waals surface area contributed by atoms with Crippen molar-refractivity contribution < 1.29 is 8.78 Å². The van der Waals surface area contributed by atoms with Gasteiger partial charge >= 0.3 is 0 Å². The highest BCUT2D eigenvalue weighted by Crippen LogP contribution is 2.19. The molecule has 3 rings (SSSR count). The van der Waals surface area contributed by atoms with E-state index in [1.54, 1.807) is 12.4 Å².